The molecule has 0 fully saturated rings. The van der Waals surface area contributed by atoms with Crippen LogP contribution in [0.4, 0.5) is 0 Å². The van der Waals surface area contributed by atoms with E-state index >= 15 is 0 Å². The van der Waals surface area contributed by atoms with E-state index in [0.717, 1.165) is 13.1 Å². The van der Waals surface area contributed by atoms with Crippen LogP contribution in [-0.2, 0) is 6.54 Å². The average Bonchev–Trinajstić information content (AvgIpc) is 2.43. The molecule has 0 aromatic heterocycles. The van der Waals surface area contributed by atoms with E-state index in [1.165, 1.54) is 34.2 Å². The normalized spacial score (nSPS) is 10.7. The minimum atomic E-state index is 0.942. The molecule has 1 N–H and O–H groups in total. The highest BCUT2D eigenvalue weighted by molar-refractivity contribution is 5.71. The summed E-state index contributed by atoms with van der Waals surface area (Å²) in [5, 5.41) is 3.50. The van der Waals surface area contributed by atoms with E-state index in [-0.39, 0.29) is 0 Å². The molecular formula is C18H23N. The zero-order valence-electron chi connectivity index (χ0n) is 12.2. The lowest BCUT2D eigenvalue weighted by atomic mass is 9.93. The molecule has 19 heavy (non-hydrogen) atoms. The van der Waals surface area contributed by atoms with Gasteiger partial charge in [0.1, 0.15) is 0 Å². The van der Waals surface area contributed by atoms with Gasteiger partial charge in [-0.15, -0.1) is 0 Å². The second-order valence-electron chi connectivity index (χ2n) is 5.08. The molecule has 0 spiro atoms. The first-order valence-corrected chi connectivity index (χ1v) is 7.09. The minimum absolute atomic E-state index is 0.942. The van der Waals surface area contributed by atoms with Gasteiger partial charge in [0.15, 0.2) is 0 Å². The smallest absolute Gasteiger partial charge is 0.0211 e. The van der Waals surface area contributed by atoms with Crippen molar-refractivity contribution in [2.75, 3.05) is 6.54 Å². The lowest BCUT2D eigenvalue weighted by Gasteiger charge is -2.14. The number of hydrogen-bond acceptors (Lipinski definition) is 1. The van der Waals surface area contributed by atoms with Crippen molar-refractivity contribution in [1.82, 2.24) is 5.32 Å². The molecule has 0 bridgehead atoms. The van der Waals surface area contributed by atoms with Gasteiger partial charge in [0.25, 0.3) is 0 Å². The van der Waals surface area contributed by atoms with Crippen molar-refractivity contribution >= 4 is 0 Å². The first-order valence-electron chi connectivity index (χ1n) is 7.09. The van der Waals surface area contributed by atoms with Gasteiger partial charge in [-0.1, -0.05) is 49.4 Å². The van der Waals surface area contributed by atoms with Crippen LogP contribution in [0.2, 0.25) is 0 Å². The first kappa shape index (κ1) is 13.8. The molecular weight excluding hydrogens is 230 g/mol. The maximum Gasteiger partial charge on any atom is 0.0211 e. The average molecular weight is 253 g/mol. The standard InChI is InChI=1S/C18H23N/c1-4-12-19-13-16-9-5-6-10-18(16)17-11-7-8-14(2)15(17)3/h5-11,19H,4,12-13H2,1-3H3. The van der Waals surface area contributed by atoms with E-state index in [2.05, 4.69) is 68.6 Å². The van der Waals surface area contributed by atoms with Crippen molar-refractivity contribution in [1.29, 1.82) is 0 Å². The summed E-state index contributed by atoms with van der Waals surface area (Å²) in [6.45, 7) is 8.60. The molecule has 0 atom stereocenters. The van der Waals surface area contributed by atoms with Gasteiger partial charge in [-0.3, -0.25) is 0 Å². The molecule has 0 heterocycles. The summed E-state index contributed by atoms with van der Waals surface area (Å²) >= 11 is 0. The fourth-order valence-corrected chi connectivity index (χ4v) is 2.38. The Balaban J connectivity index is 2.36. The van der Waals surface area contributed by atoms with Gasteiger partial charge in [-0.2, -0.15) is 0 Å². The summed E-state index contributed by atoms with van der Waals surface area (Å²) in [4.78, 5) is 0. The van der Waals surface area contributed by atoms with Crippen LogP contribution < -0.4 is 5.32 Å². The summed E-state index contributed by atoms with van der Waals surface area (Å²) in [5.74, 6) is 0. The molecule has 2 rings (SSSR count). The second-order valence-corrected chi connectivity index (χ2v) is 5.08. The van der Waals surface area contributed by atoms with Crippen molar-refractivity contribution in [2.24, 2.45) is 0 Å². The molecule has 0 saturated carbocycles. The molecule has 2 aromatic rings. The zero-order chi connectivity index (χ0) is 13.7. The van der Waals surface area contributed by atoms with Crippen LogP contribution in [0.15, 0.2) is 42.5 Å². The molecule has 0 saturated heterocycles. The van der Waals surface area contributed by atoms with E-state index in [4.69, 9.17) is 0 Å². The Kier molecular flexibility index (Phi) is 4.75. The molecule has 0 amide bonds. The number of benzene rings is 2. The minimum Gasteiger partial charge on any atom is -0.313 e. The molecule has 0 aliphatic rings. The molecule has 100 valence electrons. The SMILES string of the molecule is CCCNCc1ccccc1-c1cccc(C)c1C. The molecule has 0 aliphatic heterocycles. The third-order valence-corrected chi connectivity index (χ3v) is 3.65. The van der Waals surface area contributed by atoms with Gasteiger partial charge >= 0.3 is 0 Å². The maximum absolute atomic E-state index is 3.50. The fourth-order valence-electron chi connectivity index (χ4n) is 2.38. The monoisotopic (exact) mass is 253 g/mol. The van der Waals surface area contributed by atoms with Gasteiger partial charge in [0, 0.05) is 6.54 Å². The third-order valence-electron chi connectivity index (χ3n) is 3.65. The highest BCUT2D eigenvalue weighted by Gasteiger charge is 2.07. The van der Waals surface area contributed by atoms with Gasteiger partial charge in [0.05, 0.1) is 0 Å². The van der Waals surface area contributed by atoms with E-state index < -0.39 is 0 Å². The fraction of sp³-hybridized carbons (Fsp3) is 0.333. The number of rotatable bonds is 5. The number of hydrogen-bond donors (Lipinski definition) is 1. The topological polar surface area (TPSA) is 12.0 Å². The van der Waals surface area contributed by atoms with Crippen molar-refractivity contribution in [3.05, 3.63) is 59.2 Å². The van der Waals surface area contributed by atoms with Crippen LogP contribution in [0, 0.1) is 13.8 Å². The van der Waals surface area contributed by atoms with Crippen molar-refractivity contribution in [2.45, 2.75) is 33.7 Å². The molecule has 2 aromatic carbocycles. The Bertz CT molecular complexity index is 543. The maximum atomic E-state index is 3.50. The molecule has 0 aliphatic carbocycles. The van der Waals surface area contributed by atoms with Crippen LogP contribution in [0.3, 0.4) is 0 Å². The summed E-state index contributed by atoms with van der Waals surface area (Å²) in [6, 6.07) is 15.2. The lowest BCUT2D eigenvalue weighted by Crippen LogP contribution is -2.14. The van der Waals surface area contributed by atoms with Crippen LogP contribution >= 0.6 is 0 Å². The number of nitrogens with one attached hydrogen (secondary N) is 1. The van der Waals surface area contributed by atoms with Crippen LogP contribution in [0.25, 0.3) is 11.1 Å². The molecule has 0 unspecified atom stereocenters. The highest BCUT2D eigenvalue weighted by atomic mass is 14.8. The quantitative estimate of drug-likeness (QED) is 0.775. The van der Waals surface area contributed by atoms with Crippen LogP contribution in [0.5, 0.6) is 0 Å². The second kappa shape index (κ2) is 6.53. The van der Waals surface area contributed by atoms with Crippen molar-refractivity contribution in [3.8, 4) is 11.1 Å². The molecule has 0 radical (unpaired) electrons. The van der Waals surface area contributed by atoms with Crippen molar-refractivity contribution < 1.29 is 0 Å². The Hall–Kier alpha value is -1.60. The van der Waals surface area contributed by atoms with Gasteiger partial charge in [-0.05, 0) is 54.6 Å². The zero-order valence-corrected chi connectivity index (χ0v) is 12.2. The van der Waals surface area contributed by atoms with Crippen LogP contribution in [0.1, 0.15) is 30.0 Å². The number of aryl methyl sites for hydroxylation is 1. The van der Waals surface area contributed by atoms with Gasteiger partial charge in [-0.25, -0.2) is 0 Å². The van der Waals surface area contributed by atoms with Gasteiger partial charge < -0.3 is 5.32 Å². The van der Waals surface area contributed by atoms with Crippen LogP contribution in [-0.4, -0.2) is 6.54 Å². The van der Waals surface area contributed by atoms with E-state index in [9.17, 15) is 0 Å². The largest absolute Gasteiger partial charge is 0.313 e. The Morgan fingerprint density at radius 1 is 0.895 bits per heavy atom. The Morgan fingerprint density at radius 2 is 1.63 bits per heavy atom. The third kappa shape index (κ3) is 3.24. The summed E-state index contributed by atoms with van der Waals surface area (Å²) in [6.07, 6.45) is 1.17. The van der Waals surface area contributed by atoms with E-state index in [1.807, 2.05) is 0 Å². The predicted molar refractivity (Wildman–Crippen MR) is 83.3 cm³/mol. The summed E-state index contributed by atoms with van der Waals surface area (Å²) < 4.78 is 0. The molecule has 1 nitrogen and oxygen atoms in total. The summed E-state index contributed by atoms with van der Waals surface area (Å²) in [5.41, 5.74) is 6.82. The highest BCUT2D eigenvalue weighted by Crippen LogP contribution is 2.28. The predicted octanol–water partition coefficient (Wildman–Crippen LogP) is 4.47. The van der Waals surface area contributed by atoms with Gasteiger partial charge in [0.2, 0.25) is 0 Å². The first-order chi connectivity index (χ1) is 9.24. The van der Waals surface area contributed by atoms with E-state index in [0.29, 0.717) is 0 Å². The molecule has 1 heteroatoms. The lowest BCUT2D eigenvalue weighted by molar-refractivity contribution is 0.676. The Morgan fingerprint density at radius 3 is 2.42 bits per heavy atom. The van der Waals surface area contributed by atoms with E-state index in [1.54, 1.807) is 0 Å². The summed E-state index contributed by atoms with van der Waals surface area (Å²) in [7, 11) is 0. The Labute approximate surface area is 116 Å². The van der Waals surface area contributed by atoms with Crippen molar-refractivity contribution in [3.63, 3.8) is 0 Å².